The zero-order valence-corrected chi connectivity index (χ0v) is 11.0. The first-order valence-corrected chi connectivity index (χ1v) is 6.29. The van der Waals surface area contributed by atoms with Gasteiger partial charge in [-0.05, 0) is 12.1 Å². The predicted molar refractivity (Wildman–Crippen MR) is 70.8 cm³/mol. The molecule has 0 amide bonds. The number of aromatic nitrogens is 2. The number of benzene rings is 1. The molecule has 0 radical (unpaired) electrons. The Morgan fingerprint density at radius 3 is 2.58 bits per heavy atom. The molecule has 0 saturated heterocycles. The molecule has 2 N–H and O–H groups in total. The van der Waals surface area contributed by atoms with E-state index >= 15 is 0 Å². The van der Waals surface area contributed by atoms with E-state index in [4.69, 9.17) is 0 Å². The van der Waals surface area contributed by atoms with E-state index in [9.17, 15) is 8.78 Å². The zero-order valence-electron chi connectivity index (χ0n) is 11.0. The van der Waals surface area contributed by atoms with E-state index in [0.717, 1.165) is 6.54 Å². The van der Waals surface area contributed by atoms with E-state index in [-0.39, 0.29) is 5.56 Å². The Bertz CT molecular complexity index is 529. The maximum atomic E-state index is 13.6. The summed E-state index contributed by atoms with van der Waals surface area (Å²) < 4.78 is 27.2. The van der Waals surface area contributed by atoms with E-state index in [1.165, 1.54) is 24.4 Å². The van der Waals surface area contributed by atoms with E-state index in [2.05, 4.69) is 29.1 Å². The molecular weight excluding hydrogens is 248 g/mol. The maximum Gasteiger partial charge on any atom is 0.135 e. The number of hydrogen-bond donors (Lipinski definition) is 2. The molecular formula is C14H17F2N3. The van der Waals surface area contributed by atoms with Crippen LogP contribution in [0.1, 0.15) is 19.7 Å². The smallest absolute Gasteiger partial charge is 0.135 e. The molecule has 1 aromatic heterocycles. The number of aromatic amines is 1. The van der Waals surface area contributed by atoms with Crippen molar-refractivity contribution in [1.82, 2.24) is 15.3 Å². The number of imidazole rings is 1. The molecule has 19 heavy (non-hydrogen) atoms. The summed E-state index contributed by atoms with van der Waals surface area (Å²) in [6, 6.07) is 4.22. The predicted octanol–water partition coefficient (Wildman–Crippen LogP) is 2.90. The van der Waals surface area contributed by atoms with Gasteiger partial charge in [0.15, 0.2) is 0 Å². The van der Waals surface area contributed by atoms with E-state index in [0.29, 0.717) is 24.0 Å². The third-order valence-corrected chi connectivity index (χ3v) is 2.77. The minimum Gasteiger partial charge on any atom is -0.342 e. The van der Waals surface area contributed by atoms with Gasteiger partial charge in [0.1, 0.15) is 17.5 Å². The van der Waals surface area contributed by atoms with Crippen LogP contribution >= 0.6 is 0 Å². The minimum atomic E-state index is -0.587. The largest absolute Gasteiger partial charge is 0.342 e. The summed E-state index contributed by atoms with van der Waals surface area (Å²) in [5.41, 5.74) is 0.313. The third kappa shape index (κ3) is 3.38. The van der Waals surface area contributed by atoms with Gasteiger partial charge < -0.3 is 10.3 Å². The van der Waals surface area contributed by atoms with Crippen LogP contribution in [-0.4, -0.2) is 22.6 Å². The summed E-state index contributed by atoms with van der Waals surface area (Å²) in [5.74, 6) is -0.461. The average Bonchev–Trinajstić information content (AvgIpc) is 2.77. The van der Waals surface area contributed by atoms with Crippen LogP contribution in [0.4, 0.5) is 8.78 Å². The topological polar surface area (TPSA) is 40.7 Å². The zero-order chi connectivity index (χ0) is 13.8. The second-order valence-electron chi connectivity index (χ2n) is 4.70. The molecule has 0 unspecified atom stereocenters. The summed E-state index contributed by atoms with van der Waals surface area (Å²) in [6.45, 7) is 4.88. The molecule has 0 fully saturated rings. The van der Waals surface area contributed by atoms with Crippen molar-refractivity contribution >= 4 is 0 Å². The Morgan fingerprint density at radius 2 is 1.95 bits per heavy atom. The number of H-pyrrole nitrogens is 1. The second-order valence-corrected chi connectivity index (χ2v) is 4.70. The van der Waals surface area contributed by atoms with Crippen LogP contribution in [0.25, 0.3) is 11.3 Å². The van der Waals surface area contributed by atoms with Crippen molar-refractivity contribution < 1.29 is 8.78 Å². The summed E-state index contributed by atoms with van der Waals surface area (Å²) in [4.78, 5) is 7.10. The van der Waals surface area contributed by atoms with E-state index in [1.54, 1.807) is 0 Å². The molecule has 0 spiro atoms. The monoisotopic (exact) mass is 265 g/mol. The van der Waals surface area contributed by atoms with Crippen LogP contribution in [0.5, 0.6) is 0 Å². The van der Waals surface area contributed by atoms with Gasteiger partial charge in [-0.1, -0.05) is 19.9 Å². The Hall–Kier alpha value is -1.75. The Morgan fingerprint density at radius 1 is 1.26 bits per heavy atom. The summed E-state index contributed by atoms with van der Waals surface area (Å²) in [5, 5.41) is 3.26. The molecule has 0 saturated carbocycles. The van der Waals surface area contributed by atoms with E-state index in [1.807, 2.05) is 0 Å². The Kier molecular flexibility index (Phi) is 4.27. The summed E-state index contributed by atoms with van der Waals surface area (Å²) in [6.07, 6.45) is 2.15. The first-order chi connectivity index (χ1) is 9.08. The molecule has 5 heteroatoms. The molecule has 1 aromatic carbocycles. The van der Waals surface area contributed by atoms with Gasteiger partial charge in [0.25, 0.3) is 0 Å². The highest BCUT2D eigenvalue weighted by Gasteiger charge is 2.13. The Labute approximate surface area is 111 Å². The molecule has 3 nitrogen and oxygen atoms in total. The van der Waals surface area contributed by atoms with Gasteiger partial charge in [-0.3, -0.25) is 0 Å². The fraction of sp³-hybridized carbons (Fsp3) is 0.357. The first kappa shape index (κ1) is 13.7. The van der Waals surface area contributed by atoms with Gasteiger partial charge in [0.05, 0.1) is 17.5 Å². The lowest BCUT2D eigenvalue weighted by Crippen LogP contribution is -2.25. The van der Waals surface area contributed by atoms with Gasteiger partial charge in [-0.25, -0.2) is 13.8 Å². The number of nitrogens with one attached hydrogen (secondary N) is 2. The lowest BCUT2D eigenvalue weighted by Gasteiger charge is -2.06. The van der Waals surface area contributed by atoms with Crippen molar-refractivity contribution in [1.29, 1.82) is 0 Å². The maximum absolute atomic E-state index is 13.6. The fourth-order valence-electron chi connectivity index (χ4n) is 1.85. The number of rotatable bonds is 5. The highest BCUT2D eigenvalue weighted by molar-refractivity contribution is 5.60. The molecule has 1 heterocycles. The standard InChI is InChI=1S/C14H17F2N3/c1-9(2)17-7-6-13-18-8-12(19-13)14-10(15)4-3-5-11(14)16/h3-5,8-9,17H,6-7H2,1-2H3,(H,18,19). The number of hydrogen-bond acceptors (Lipinski definition) is 2. The van der Waals surface area contributed by atoms with Crippen LogP contribution < -0.4 is 5.32 Å². The van der Waals surface area contributed by atoms with Crippen LogP contribution in [0.2, 0.25) is 0 Å². The molecule has 102 valence electrons. The molecule has 0 atom stereocenters. The highest BCUT2D eigenvalue weighted by atomic mass is 19.1. The van der Waals surface area contributed by atoms with Crippen molar-refractivity contribution in [2.45, 2.75) is 26.3 Å². The molecule has 0 bridgehead atoms. The van der Waals surface area contributed by atoms with Crippen molar-refractivity contribution in [3.63, 3.8) is 0 Å². The van der Waals surface area contributed by atoms with Gasteiger partial charge in [-0.15, -0.1) is 0 Å². The Balaban J connectivity index is 2.12. The van der Waals surface area contributed by atoms with Gasteiger partial charge in [-0.2, -0.15) is 0 Å². The van der Waals surface area contributed by atoms with Gasteiger partial charge in [0, 0.05) is 19.0 Å². The van der Waals surface area contributed by atoms with E-state index < -0.39 is 11.6 Å². The molecule has 2 aromatic rings. The fourth-order valence-corrected chi connectivity index (χ4v) is 1.85. The minimum absolute atomic E-state index is 0.0573. The highest BCUT2D eigenvalue weighted by Crippen LogP contribution is 2.24. The summed E-state index contributed by atoms with van der Waals surface area (Å²) in [7, 11) is 0. The van der Waals surface area contributed by atoms with Gasteiger partial charge >= 0.3 is 0 Å². The van der Waals surface area contributed by atoms with Crippen LogP contribution in [0.15, 0.2) is 24.4 Å². The van der Waals surface area contributed by atoms with Crippen molar-refractivity contribution in [2.24, 2.45) is 0 Å². The van der Waals surface area contributed by atoms with Crippen LogP contribution in [0.3, 0.4) is 0 Å². The quantitative estimate of drug-likeness (QED) is 0.872. The second kappa shape index (κ2) is 5.93. The normalized spacial score (nSPS) is 11.2. The molecule has 0 aliphatic heterocycles. The third-order valence-electron chi connectivity index (χ3n) is 2.77. The number of halogens is 2. The SMILES string of the molecule is CC(C)NCCc1ncc(-c2c(F)cccc2F)[nH]1. The van der Waals surface area contributed by atoms with Crippen molar-refractivity contribution in [3.8, 4) is 11.3 Å². The van der Waals surface area contributed by atoms with Gasteiger partial charge in [0.2, 0.25) is 0 Å². The van der Waals surface area contributed by atoms with Crippen molar-refractivity contribution in [2.75, 3.05) is 6.54 Å². The lowest BCUT2D eigenvalue weighted by atomic mass is 10.1. The van der Waals surface area contributed by atoms with Crippen LogP contribution in [-0.2, 0) is 6.42 Å². The lowest BCUT2D eigenvalue weighted by molar-refractivity contribution is 0.583. The van der Waals surface area contributed by atoms with Crippen molar-refractivity contribution in [3.05, 3.63) is 41.9 Å². The molecule has 0 aliphatic carbocycles. The molecule has 2 rings (SSSR count). The average molecular weight is 265 g/mol. The first-order valence-electron chi connectivity index (χ1n) is 6.29. The van der Waals surface area contributed by atoms with Crippen LogP contribution in [0, 0.1) is 11.6 Å². The molecule has 0 aliphatic rings. The number of nitrogens with zero attached hydrogens (tertiary/aromatic N) is 1. The summed E-state index contributed by atoms with van der Waals surface area (Å²) >= 11 is 0.